The van der Waals surface area contributed by atoms with Gasteiger partial charge in [-0.25, -0.2) is 0 Å². The van der Waals surface area contributed by atoms with Crippen LogP contribution >= 0.6 is 31.9 Å². The smallest absolute Gasteiger partial charge is 0.233 e. The highest BCUT2D eigenvalue weighted by atomic mass is 79.9. The van der Waals surface area contributed by atoms with E-state index in [1.54, 1.807) is 7.11 Å². The van der Waals surface area contributed by atoms with Gasteiger partial charge in [0.05, 0.1) is 18.1 Å². The molecular formula is C13H18Br2N2O2. The van der Waals surface area contributed by atoms with Gasteiger partial charge in [-0.05, 0) is 34.5 Å². The van der Waals surface area contributed by atoms with Crippen molar-refractivity contribution in [3.63, 3.8) is 0 Å². The van der Waals surface area contributed by atoms with Crippen molar-refractivity contribution in [2.24, 2.45) is 0 Å². The maximum Gasteiger partial charge on any atom is 0.233 e. The van der Waals surface area contributed by atoms with Crippen LogP contribution in [0.5, 0.6) is 5.75 Å². The maximum atomic E-state index is 11.5. The Bertz CT molecular complexity index is 439. The Morgan fingerprint density at radius 1 is 1.37 bits per heavy atom. The van der Waals surface area contributed by atoms with Gasteiger partial charge in [-0.2, -0.15) is 0 Å². The lowest BCUT2D eigenvalue weighted by Crippen LogP contribution is -2.34. The van der Waals surface area contributed by atoms with Gasteiger partial charge in [0.15, 0.2) is 0 Å². The molecule has 106 valence electrons. The first-order valence-electron chi connectivity index (χ1n) is 6.07. The monoisotopic (exact) mass is 392 g/mol. The minimum atomic E-state index is 0.00915. The van der Waals surface area contributed by atoms with Crippen molar-refractivity contribution < 1.29 is 9.53 Å². The van der Waals surface area contributed by atoms with E-state index in [2.05, 4.69) is 42.5 Å². The van der Waals surface area contributed by atoms with E-state index in [9.17, 15) is 4.79 Å². The van der Waals surface area contributed by atoms with Gasteiger partial charge >= 0.3 is 0 Å². The molecule has 0 fully saturated rings. The summed E-state index contributed by atoms with van der Waals surface area (Å²) >= 11 is 6.89. The highest BCUT2D eigenvalue weighted by Gasteiger charge is 2.09. The average molecular weight is 394 g/mol. The third kappa shape index (κ3) is 5.50. The predicted octanol–water partition coefficient (Wildman–Crippen LogP) is 2.84. The van der Waals surface area contributed by atoms with Crippen molar-refractivity contribution in [2.75, 3.05) is 20.2 Å². The van der Waals surface area contributed by atoms with Crippen LogP contribution in [0.2, 0.25) is 0 Å². The molecule has 1 aromatic rings. The second-order valence-corrected chi connectivity index (χ2v) is 5.80. The zero-order chi connectivity index (χ0) is 14.3. The summed E-state index contributed by atoms with van der Waals surface area (Å²) in [5, 5.41) is 5.92. The molecule has 0 atom stereocenters. The van der Waals surface area contributed by atoms with Gasteiger partial charge < -0.3 is 15.4 Å². The first kappa shape index (κ1) is 16.5. The van der Waals surface area contributed by atoms with E-state index in [0.717, 1.165) is 26.7 Å². The van der Waals surface area contributed by atoms with E-state index in [-0.39, 0.29) is 5.91 Å². The van der Waals surface area contributed by atoms with Gasteiger partial charge in [-0.3, -0.25) is 4.79 Å². The summed E-state index contributed by atoms with van der Waals surface area (Å²) in [4.78, 5) is 11.5. The van der Waals surface area contributed by atoms with E-state index >= 15 is 0 Å². The van der Waals surface area contributed by atoms with Crippen molar-refractivity contribution in [1.82, 2.24) is 10.6 Å². The van der Waals surface area contributed by atoms with Crippen LogP contribution in [0.25, 0.3) is 0 Å². The molecule has 0 saturated carbocycles. The first-order valence-corrected chi connectivity index (χ1v) is 7.66. The summed E-state index contributed by atoms with van der Waals surface area (Å²) in [6.45, 7) is 3.61. The van der Waals surface area contributed by atoms with Crippen molar-refractivity contribution in [3.05, 3.63) is 26.6 Å². The standard InChI is InChI=1S/C13H18Br2N2O2/c1-3-4-17-12(18)8-16-7-9-5-10(14)6-11(15)13(9)19-2/h5-6,16H,3-4,7-8H2,1-2H3,(H,17,18). The molecule has 0 bridgehead atoms. The number of hydrogen-bond acceptors (Lipinski definition) is 3. The van der Waals surface area contributed by atoms with E-state index in [4.69, 9.17) is 4.74 Å². The minimum absolute atomic E-state index is 0.00915. The summed E-state index contributed by atoms with van der Waals surface area (Å²) in [6.07, 6.45) is 0.943. The lowest BCUT2D eigenvalue weighted by molar-refractivity contribution is -0.120. The Morgan fingerprint density at radius 3 is 2.74 bits per heavy atom. The largest absolute Gasteiger partial charge is 0.495 e. The molecule has 0 aliphatic rings. The quantitative estimate of drug-likeness (QED) is 0.748. The third-order valence-corrected chi connectivity index (χ3v) is 3.51. The highest BCUT2D eigenvalue weighted by molar-refractivity contribution is 9.11. The van der Waals surface area contributed by atoms with Crippen LogP contribution in [-0.2, 0) is 11.3 Å². The number of hydrogen-bond donors (Lipinski definition) is 2. The van der Waals surface area contributed by atoms with Crippen molar-refractivity contribution in [2.45, 2.75) is 19.9 Å². The molecule has 4 nitrogen and oxygen atoms in total. The number of rotatable bonds is 7. The van der Waals surface area contributed by atoms with Crippen molar-refractivity contribution >= 4 is 37.8 Å². The normalized spacial score (nSPS) is 10.3. The molecular weight excluding hydrogens is 376 g/mol. The summed E-state index contributed by atoms with van der Waals surface area (Å²) < 4.78 is 7.20. The topological polar surface area (TPSA) is 50.4 Å². The third-order valence-electron chi connectivity index (χ3n) is 2.46. The number of ether oxygens (including phenoxy) is 1. The lowest BCUT2D eigenvalue weighted by atomic mass is 10.2. The maximum absolute atomic E-state index is 11.5. The first-order chi connectivity index (χ1) is 9.08. The van der Waals surface area contributed by atoms with Crippen LogP contribution in [0.1, 0.15) is 18.9 Å². The number of amides is 1. The highest BCUT2D eigenvalue weighted by Crippen LogP contribution is 2.32. The van der Waals surface area contributed by atoms with E-state index < -0.39 is 0 Å². The molecule has 1 amide bonds. The van der Waals surface area contributed by atoms with Crippen LogP contribution < -0.4 is 15.4 Å². The number of halogens is 2. The summed E-state index contributed by atoms with van der Waals surface area (Å²) in [5.74, 6) is 0.791. The zero-order valence-electron chi connectivity index (χ0n) is 11.1. The second-order valence-electron chi connectivity index (χ2n) is 4.03. The Balaban J connectivity index is 2.55. The molecule has 6 heteroatoms. The van der Waals surface area contributed by atoms with Crippen molar-refractivity contribution in [3.8, 4) is 5.75 Å². The molecule has 1 rings (SSSR count). The molecule has 2 N–H and O–H groups in total. The van der Waals surface area contributed by atoms with E-state index in [0.29, 0.717) is 19.6 Å². The molecule has 19 heavy (non-hydrogen) atoms. The molecule has 0 unspecified atom stereocenters. The average Bonchev–Trinajstić information content (AvgIpc) is 2.36. The Morgan fingerprint density at radius 2 is 2.11 bits per heavy atom. The van der Waals surface area contributed by atoms with Crippen LogP contribution in [0, 0.1) is 0 Å². The second kappa shape index (κ2) is 8.55. The predicted molar refractivity (Wildman–Crippen MR) is 83.4 cm³/mol. The number of carbonyl (C=O) groups excluding carboxylic acids is 1. The Hall–Kier alpha value is -0.590. The molecule has 1 aromatic carbocycles. The van der Waals surface area contributed by atoms with Crippen LogP contribution in [0.4, 0.5) is 0 Å². The summed E-state index contributed by atoms with van der Waals surface area (Å²) in [5.41, 5.74) is 0.993. The van der Waals surface area contributed by atoms with Gasteiger partial charge in [0.1, 0.15) is 5.75 Å². The van der Waals surface area contributed by atoms with Gasteiger partial charge in [-0.1, -0.05) is 22.9 Å². The van der Waals surface area contributed by atoms with E-state index in [1.165, 1.54) is 0 Å². The fourth-order valence-corrected chi connectivity index (χ4v) is 3.09. The fourth-order valence-electron chi connectivity index (χ4n) is 1.61. The molecule has 0 aliphatic heterocycles. The number of benzene rings is 1. The van der Waals surface area contributed by atoms with Gasteiger partial charge in [0.2, 0.25) is 5.91 Å². The Labute approximate surface area is 130 Å². The molecule has 0 aliphatic carbocycles. The molecule has 0 aromatic heterocycles. The van der Waals surface area contributed by atoms with Gasteiger partial charge in [0.25, 0.3) is 0 Å². The van der Waals surface area contributed by atoms with Crippen LogP contribution in [0.3, 0.4) is 0 Å². The van der Waals surface area contributed by atoms with Crippen LogP contribution in [-0.4, -0.2) is 26.1 Å². The Kier molecular flexibility index (Phi) is 7.41. The number of carbonyl (C=O) groups is 1. The fraction of sp³-hybridized carbons (Fsp3) is 0.462. The molecule has 0 saturated heterocycles. The molecule has 0 heterocycles. The van der Waals surface area contributed by atoms with Crippen molar-refractivity contribution in [1.29, 1.82) is 0 Å². The number of methoxy groups -OCH3 is 1. The SMILES string of the molecule is CCCNC(=O)CNCc1cc(Br)cc(Br)c1OC. The van der Waals surface area contributed by atoms with Crippen LogP contribution in [0.15, 0.2) is 21.1 Å². The summed E-state index contributed by atoms with van der Waals surface area (Å²) in [6, 6.07) is 3.90. The lowest BCUT2D eigenvalue weighted by Gasteiger charge is -2.12. The zero-order valence-corrected chi connectivity index (χ0v) is 14.2. The minimum Gasteiger partial charge on any atom is -0.495 e. The molecule has 0 spiro atoms. The molecule has 0 radical (unpaired) electrons. The summed E-state index contributed by atoms with van der Waals surface area (Å²) in [7, 11) is 1.63. The number of nitrogens with one attached hydrogen (secondary N) is 2. The van der Waals surface area contributed by atoms with E-state index in [1.807, 2.05) is 19.1 Å². The van der Waals surface area contributed by atoms with Gasteiger partial charge in [0, 0.05) is 23.1 Å². The van der Waals surface area contributed by atoms with Gasteiger partial charge in [-0.15, -0.1) is 0 Å².